The second kappa shape index (κ2) is 8.99. The van der Waals surface area contributed by atoms with Crippen LogP contribution in [0.1, 0.15) is 58.1 Å². The summed E-state index contributed by atoms with van der Waals surface area (Å²) >= 11 is 3.64. The second-order valence-corrected chi connectivity index (χ2v) is 12.1. The zero-order valence-electron chi connectivity index (χ0n) is 21.5. The molecule has 2 aliphatic heterocycles. The Labute approximate surface area is 224 Å². The topological polar surface area (TPSA) is 63.0 Å². The average molecular weight is 573 g/mol. The van der Waals surface area contributed by atoms with Crippen LogP contribution < -0.4 is 9.80 Å². The second-order valence-electron chi connectivity index (χ2n) is 11.2. The largest absolute Gasteiger partial charge is 0.370 e. The summed E-state index contributed by atoms with van der Waals surface area (Å²) in [6, 6.07) is 7.38. The van der Waals surface area contributed by atoms with E-state index in [1.54, 1.807) is 0 Å². The Hall–Kier alpha value is -2.62. The molecule has 1 aliphatic carbocycles. The van der Waals surface area contributed by atoms with E-state index in [4.69, 9.17) is 4.98 Å². The fourth-order valence-electron chi connectivity index (χ4n) is 6.11. The number of halogens is 3. The van der Waals surface area contributed by atoms with Gasteiger partial charge in [0.25, 0.3) is 5.92 Å². The maximum Gasteiger partial charge on any atom is 0.252 e. The molecule has 2 aromatic heterocycles. The average Bonchev–Trinajstić information content (AvgIpc) is 3.39. The van der Waals surface area contributed by atoms with E-state index in [2.05, 4.69) is 48.3 Å². The van der Waals surface area contributed by atoms with Crippen LogP contribution in [-0.2, 0) is 0 Å². The number of benzene rings is 1. The van der Waals surface area contributed by atoms with Crippen molar-refractivity contribution in [2.45, 2.75) is 77.3 Å². The Morgan fingerprint density at radius 3 is 2.30 bits per heavy atom. The number of alkyl halides is 2. The molecule has 6 rings (SSSR count). The number of nitrogens with zero attached hydrogens (tertiary/aromatic N) is 7. The highest BCUT2D eigenvalue weighted by atomic mass is 79.9. The Morgan fingerprint density at radius 2 is 1.62 bits per heavy atom. The predicted molar refractivity (Wildman–Crippen MR) is 144 cm³/mol. The molecular formula is C27H32BrF2N7. The third-order valence-electron chi connectivity index (χ3n) is 8.27. The lowest BCUT2D eigenvalue weighted by Gasteiger charge is -2.42. The van der Waals surface area contributed by atoms with Crippen LogP contribution in [0.2, 0.25) is 0 Å². The van der Waals surface area contributed by atoms with E-state index < -0.39 is 5.92 Å². The summed E-state index contributed by atoms with van der Waals surface area (Å²) in [5.41, 5.74) is 4.73. The molecule has 1 spiro atoms. The summed E-state index contributed by atoms with van der Waals surface area (Å²) in [4.78, 5) is 13.7. The number of hydrogen-bond acceptors (Lipinski definition) is 6. The van der Waals surface area contributed by atoms with Crippen molar-refractivity contribution in [2.24, 2.45) is 5.41 Å². The van der Waals surface area contributed by atoms with Crippen LogP contribution in [0.15, 0.2) is 34.9 Å². The molecule has 0 radical (unpaired) electrons. The molecular weight excluding hydrogens is 540 g/mol. The first-order valence-corrected chi connectivity index (χ1v) is 13.9. The molecule has 0 bridgehead atoms. The highest BCUT2D eigenvalue weighted by Gasteiger charge is 2.45. The van der Waals surface area contributed by atoms with Gasteiger partial charge in [-0.25, -0.2) is 23.4 Å². The SMILES string of the molecule is Cc1cc(-c2cn(-c3ccc(Br)cc3N3CCC4(CC3)CC4)nn2)nc(N2[C@H](C)CC(F)(F)C[C@@H]2C)n1. The highest BCUT2D eigenvalue weighted by Crippen LogP contribution is 2.54. The summed E-state index contributed by atoms with van der Waals surface area (Å²) in [6.45, 7) is 7.61. The maximum absolute atomic E-state index is 14.1. The van der Waals surface area contributed by atoms with Gasteiger partial charge in [0.2, 0.25) is 5.95 Å². The molecule has 37 heavy (non-hydrogen) atoms. The van der Waals surface area contributed by atoms with E-state index in [-0.39, 0.29) is 24.9 Å². The molecule has 2 atom stereocenters. The van der Waals surface area contributed by atoms with Crippen molar-refractivity contribution in [2.75, 3.05) is 22.9 Å². The van der Waals surface area contributed by atoms with Gasteiger partial charge >= 0.3 is 0 Å². The molecule has 1 saturated carbocycles. The first-order chi connectivity index (χ1) is 17.6. The summed E-state index contributed by atoms with van der Waals surface area (Å²) in [7, 11) is 0. The Balaban J connectivity index is 1.30. The van der Waals surface area contributed by atoms with Crippen molar-refractivity contribution >= 4 is 27.6 Å². The van der Waals surface area contributed by atoms with Crippen LogP contribution in [-0.4, -0.2) is 56.1 Å². The molecule has 0 amide bonds. The van der Waals surface area contributed by atoms with Gasteiger partial charge in [-0.15, -0.1) is 5.10 Å². The van der Waals surface area contributed by atoms with Crippen LogP contribution >= 0.6 is 15.9 Å². The van der Waals surface area contributed by atoms with Gasteiger partial charge in [0, 0.05) is 48.2 Å². The minimum Gasteiger partial charge on any atom is -0.370 e. The van der Waals surface area contributed by atoms with E-state index in [0.717, 1.165) is 34.6 Å². The third kappa shape index (κ3) is 4.84. The van der Waals surface area contributed by atoms with Gasteiger partial charge in [-0.3, -0.25) is 0 Å². The molecule has 3 aromatic rings. The predicted octanol–water partition coefficient (Wildman–Crippen LogP) is 6.19. The van der Waals surface area contributed by atoms with E-state index >= 15 is 0 Å². The highest BCUT2D eigenvalue weighted by molar-refractivity contribution is 9.10. The van der Waals surface area contributed by atoms with E-state index in [9.17, 15) is 8.78 Å². The van der Waals surface area contributed by atoms with Gasteiger partial charge < -0.3 is 9.80 Å². The smallest absolute Gasteiger partial charge is 0.252 e. The summed E-state index contributed by atoms with van der Waals surface area (Å²) < 4.78 is 31.1. The number of aryl methyl sites for hydroxylation is 1. The van der Waals surface area contributed by atoms with Gasteiger partial charge in [-0.2, -0.15) is 0 Å². The normalized spacial score (nSPS) is 24.5. The monoisotopic (exact) mass is 571 g/mol. The van der Waals surface area contributed by atoms with Gasteiger partial charge in [0.1, 0.15) is 5.69 Å². The Bertz CT molecular complexity index is 1300. The first-order valence-electron chi connectivity index (χ1n) is 13.1. The standard InChI is InChI=1S/C27H32BrF2N7/c1-17-12-21(32-25(31-17)37-18(2)14-27(29,30)15-19(37)3)22-16-36(34-33-22)23-5-4-20(28)13-24(23)35-10-8-26(6-7-26)9-11-35/h4-5,12-13,16,18-19H,6-11,14-15H2,1-3H3/t18-,19+. The zero-order valence-corrected chi connectivity index (χ0v) is 23.0. The summed E-state index contributed by atoms with van der Waals surface area (Å²) in [5, 5.41) is 8.91. The molecule has 3 aliphatic rings. The minimum atomic E-state index is -2.67. The molecule has 2 saturated heterocycles. The quantitative estimate of drug-likeness (QED) is 0.372. The zero-order chi connectivity index (χ0) is 25.9. The van der Waals surface area contributed by atoms with Crippen molar-refractivity contribution < 1.29 is 8.78 Å². The lowest BCUT2D eigenvalue weighted by molar-refractivity contribution is -0.0424. The fraction of sp³-hybridized carbons (Fsp3) is 0.556. The molecule has 0 N–H and O–H groups in total. The van der Waals surface area contributed by atoms with Crippen molar-refractivity contribution in [1.82, 2.24) is 25.0 Å². The lowest BCUT2D eigenvalue weighted by Crippen LogP contribution is -2.51. The number of aromatic nitrogens is 5. The van der Waals surface area contributed by atoms with Crippen LogP contribution in [0.5, 0.6) is 0 Å². The van der Waals surface area contributed by atoms with E-state index in [0.29, 0.717) is 22.8 Å². The van der Waals surface area contributed by atoms with Crippen molar-refractivity contribution in [1.29, 1.82) is 0 Å². The van der Waals surface area contributed by atoms with Crippen LogP contribution in [0.3, 0.4) is 0 Å². The van der Waals surface area contributed by atoms with Crippen molar-refractivity contribution in [3.63, 3.8) is 0 Å². The first kappa shape index (κ1) is 24.7. The van der Waals surface area contributed by atoms with E-state index in [1.165, 1.54) is 25.7 Å². The van der Waals surface area contributed by atoms with Crippen LogP contribution in [0.25, 0.3) is 17.1 Å². The molecule has 1 aromatic carbocycles. The Morgan fingerprint density at radius 1 is 0.919 bits per heavy atom. The third-order valence-corrected chi connectivity index (χ3v) is 8.77. The van der Waals surface area contributed by atoms with Gasteiger partial charge in [-0.1, -0.05) is 21.1 Å². The summed E-state index contributed by atoms with van der Waals surface area (Å²) in [6.07, 6.45) is 6.70. The van der Waals surface area contributed by atoms with Crippen LogP contribution in [0, 0.1) is 12.3 Å². The molecule has 196 valence electrons. The molecule has 4 heterocycles. The van der Waals surface area contributed by atoms with Crippen molar-refractivity contribution in [3.05, 3.63) is 40.6 Å². The fourth-order valence-corrected chi connectivity index (χ4v) is 6.46. The van der Waals surface area contributed by atoms with Gasteiger partial charge in [0.05, 0.1) is 23.3 Å². The number of rotatable bonds is 4. The van der Waals surface area contributed by atoms with E-state index in [1.807, 2.05) is 48.7 Å². The van der Waals surface area contributed by atoms with Crippen molar-refractivity contribution in [3.8, 4) is 17.1 Å². The Kier molecular flexibility index (Phi) is 6.00. The van der Waals surface area contributed by atoms with Gasteiger partial charge in [0.15, 0.2) is 0 Å². The molecule has 0 unspecified atom stereocenters. The summed E-state index contributed by atoms with van der Waals surface area (Å²) in [5.74, 6) is -2.20. The maximum atomic E-state index is 14.1. The number of anilines is 2. The van der Waals surface area contributed by atoms with Gasteiger partial charge in [-0.05, 0) is 76.1 Å². The molecule has 3 fully saturated rings. The lowest BCUT2D eigenvalue weighted by atomic mass is 9.93. The minimum absolute atomic E-state index is 0.204. The van der Waals surface area contributed by atoms with Crippen LogP contribution in [0.4, 0.5) is 20.4 Å². The number of piperidine rings is 2. The molecule has 7 nitrogen and oxygen atoms in total. The number of hydrogen-bond donors (Lipinski definition) is 0. The molecule has 10 heteroatoms.